The second-order valence-electron chi connectivity index (χ2n) is 3.79. The van der Waals surface area contributed by atoms with E-state index in [1.165, 1.54) is 10.3 Å². The van der Waals surface area contributed by atoms with E-state index in [1.54, 1.807) is 17.7 Å². The monoisotopic (exact) mass is 221 g/mol. The van der Waals surface area contributed by atoms with Gasteiger partial charge in [-0.1, -0.05) is 0 Å². The normalized spacial score (nSPS) is 13.3. The molecule has 1 atom stereocenters. The van der Waals surface area contributed by atoms with Crippen LogP contribution in [0.3, 0.4) is 0 Å². The van der Waals surface area contributed by atoms with Gasteiger partial charge in [0.05, 0.1) is 5.69 Å². The first kappa shape index (κ1) is 10.5. The number of aryl methyl sites for hydroxylation is 1. The van der Waals surface area contributed by atoms with Crippen LogP contribution in [0.15, 0.2) is 12.4 Å². The Balaban J connectivity index is 2.41. The topological polar surface area (TPSA) is 37.8 Å². The highest BCUT2D eigenvalue weighted by molar-refractivity contribution is 7.18. The largest absolute Gasteiger partial charge is 0.317 e. The minimum Gasteiger partial charge on any atom is -0.317 e. The van der Waals surface area contributed by atoms with Gasteiger partial charge in [-0.15, -0.1) is 11.3 Å². The summed E-state index contributed by atoms with van der Waals surface area (Å²) in [5.41, 5.74) is 1.14. The van der Waals surface area contributed by atoms with E-state index in [-0.39, 0.29) is 0 Å². The lowest BCUT2D eigenvalue weighted by Gasteiger charge is -2.09. The van der Waals surface area contributed by atoms with Crippen molar-refractivity contribution in [2.75, 3.05) is 7.05 Å². The molecule has 0 radical (unpaired) electrons. The maximum Gasteiger partial charge on any atom is 0.127 e. The van der Waals surface area contributed by atoms with Crippen molar-refractivity contribution in [3.05, 3.63) is 23.0 Å². The van der Waals surface area contributed by atoms with Gasteiger partial charge in [-0.2, -0.15) is 0 Å². The van der Waals surface area contributed by atoms with Gasteiger partial charge in [-0.25, -0.2) is 9.97 Å². The van der Waals surface area contributed by atoms with Gasteiger partial charge in [0.1, 0.15) is 11.2 Å². The van der Waals surface area contributed by atoms with Crippen molar-refractivity contribution in [2.45, 2.75) is 26.3 Å². The molecular weight excluding hydrogens is 206 g/mol. The van der Waals surface area contributed by atoms with Crippen LogP contribution in [0, 0.1) is 6.92 Å². The summed E-state index contributed by atoms with van der Waals surface area (Å²) in [6.07, 6.45) is 2.61. The highest BCUT2D eigenvalue weighted by Gasteiger charge is 2.09. The first-order valence-electron chi connectivity index (χ1n) is 5.08. The van der Waals surface area contributed by atoms with Crippen LogP contribution in [0.1, 0.15) is 17.5 Å². The number of hydrogen-bond acceptors (Lipinski definition) is 4. The van der Waals surface area contributed by atoms with Crippen molar-refractivity contribution in [2.24, 2.45) is 0 Å². The zero-order valence-electron chi connectivity index (χ0n) is 9.24. The number of aromatic nitrogens is 2. The predicted molar refractivity (Wildman–Crippen MR) is 64.4 cm³/mol. The van der Waals surface area contributed by atoms with Gasteiger partial charge in [0, 0.05) is 22.7 Å². The van der Waals surface area contributed by atoms with Gasteiger partial charge in [-0.05, 0) is 27.0 Å². The molecule has 2 aromatic rings. The van der Waals surface area contributed by atoms with Gasteiger partial charge in [-0.3, -0.25) is 0 Å². The van der Waals surface area contributed by atoms with Gasteiger partial charge >= 0.3 is 0 Å². The number of rotatable bonds is 3. The van der Waals surface area contributed by atoms with Crippen LogP contribution in [0.2, 0.25) is 0 Å². The van der Waals surface area contributed by atoms with Crippen LogP contribution in [0.4, 0.5) is 0 Å². The number of thiophene rings is 1. The van der Waals surface area contributed by atoms with Gasteiger partial charge in [0.25, 0.3) is 0 Å². The third kappa shape index (κ3) is 2.16. The lowest BCUT2D eigenvalue weighted by atomic mass is 10.1. The molecule has 0 aliphatic heterocycles. The summed E-state index contributed by atoms with van der Waals surface area (Å²) in [5, 5.41) is 4.44. The summed E-state index contributed by atoms with van der Waals surface area (Å²) >= 11 is 1.73. The maximum atomic E-state index is 4.36. The first-order chi connectivity index (χ1) is 7.20. The zero-order valence-corrected chi connectivity index (χ0v) is 10.1. The molecule has 0 aliphatic carbocycles. The highest BCUT2D eigenvalue weighted by Crippen LogP contribution is 2.25. The minimum atomic E-state index is 0.448. The predicted octanol–water partition coefficient (Wildman–Crippen LogP) is 2.15. The molecule has 1 unspecified atom stereocenters. The molecule has 0 saturated carbocycles. The Kier molecular flexibility index (Phi) is 2.98. The van der Waals surface area contributed by atoms with E-state index in [1.807, 2.05) is 7.05 Å². The Labute approximate surface area is 93.6 Å². The van der Waals surface area contributed by atoms with Crippen LogP contribution in [-0.4, -0.2) is 23.1 Å². The van der Waals surface area contributed by atoms with Crippen molar-refractivity contribution in [1.82, 2.24) is 15.3 Å². The molecule has 80 valence electrons. The van der Waals surface area contributed by atoms with Gasteiger partial charge in [0.15, 0.2) is 0 Å². The molecule has 0 amide bonds. The Bertz CT molecular complexity index is 464. The second-order valence-corrected chi connectivity index (χ2v) is 5.02. The van der Waals surface area contributed by atoms with Gasteiger partial charge < -0.3 is 5.32 Å². The lowest BCUT2D eigenvalue weighted by Crippen LogP contribution is -2.24. The summed E-state index contributed by atoms with van der Waals surface area (Å²) in [6, 6.07) is 2.63. The van der Waals surface area contributed by atoms with Crippen LogP contribution < -0.4 is 5.32 Å². The zero-order chi connectivity index (χ0) is 10.8. The Hall–Kier alpha value is -1.00. The van der Waals surface area contributed by atoms with Crippen LogP contribution in [-0.2, 0) is 6.42 Å². The van der Waals surface area contributed by atoms with E-state index in [0.29, 0.717) is 6.04 Å². The molecule has 0 aliphatic rings. The summed E-state index contributed by atoms with van der Waals surface area (Å²) in [6.45, 7) is 4.27. The SMILES string of the molecule is CNC(C)Cc1ncnc2sc(C)cc12. The van der Waals surface area contributed by atoms with Crippen LogP contribution in [0.25, 0.3) is 10.2 Å². The fourth-order valence-electron chi connectivity index (χ4n) is 1.58. The third-order valence-corrected chi connectivity index (χ3v) is 3.49. The van der Waals surface area contributed by atoms with Crippen LogP contribution >= 0.6 is 11.3 Å². The fraction of sp³-hybridized carbons (Fsp3) is 0.455. The van der Waals surface area contributed by atoms with E-state index in [0.717, 1.165) is 16.9 Å². The van der Waals surface area contributed by atoms with E-state index >= 15 is 0 Å². The number of hydrogen-bond donors (Lipinski definition) is 1. The van der Waals surface area contributed by atoms with E-state index in [4.69, 9.17) is 0 Å². The molecule has 0 spiro atoms. The second kappa shape index (κ2) is 4.24. The molecule has 2 aromatic heterocycles. The molecular formula is C11H15N3S. The van der Waals surface area contributed by atoms with Crippen molar-refractivity contribution < 1.29 is 0 Å². The Morgan fingerprint density at radius 1 is 1.47 bits per heavy atom. The molecule has 0 saturated heterocycles. The molecule has 0 aromatic carbocycles. The lowest BCUT2D eigenvalue weighted by molar-refractivity contribution is 0.603. The third-order valence-electron chi connectivity index (χ3n) is 2.53. The quantitative estimate of drug-likeness (QED) is 0.863. The molecule has 4 heteroatoms. The standard InChI is InChI=1S/C11H15N3S/c1-7(12-3)4-10-9-5-8(2)15-11(9)14-6-13-10/h5-7,12H,4H2,1-3H3. The van der Waals surface area contributed by atoms with E-state index in [9.17, 15) is 0 Å². The molecule has 2 heterocycles. The Morgan fingerprint density at radius 3 is 3.00 bits per heavy atom. The van der Waals surface area contributed by atoms with E-state index in [2.05, 4.69) is 35.2 Å². The molecule has 15 heavy (non-hydrogen) atoms. The number of nitrogens with one attached hydrogen (secondary N) is 1. The summed E-state index contributed by atoms with van der Waals surface area (Å²) in [4.78, 5) is 11.0. The van der Waals surface area contributed by atoms with Crippen molar-refractivity contribution in [3.63, 3.8) is 0 Å². The van der Waals surface area contributed by atoms with Gasteiger partial charge in [0.2, 0.25) is 0 Å². The molecule has 3 nitrogen and oxygen atoms in total. The highest BCUT2D eigenvalue weighted by atomic mass is 32.1. The summed E-state index contributed by atoms with van der Waals surface area (Å²) in [7, 11) is 1.97. The smallest absolute Gasteiger partial charge is 0.127 e. The molecule has 1 N–H and O–H groups in total. The summed E-state index contributed by atoms with van der Waals surface area (Å²) < 4.78 is 0. The average Bonchev–Trinajstić information content (AvgIpc) is 2.59. The van der Waals surface area contributed by atoms with Crippen LogP contribution in [0.5, 0.6) is 0 Å². The molecule has 0 bridgehead atoms. The fourth-order valence-corrected chi connectivity index (χ4v) is 2.45. The number of fused-ring (bicyclic) bond motifs is 1. The number of nitrogens with zero attached hydrogens (tertiary/aromatic N) is 2. The number of likely N-dealkylation sites (N-methyl/N-ethyl adjacent to an activating group) is 1. The van der Waals surface area contributed by atoms with Crippen molar-refractivity contribution in [3.8, 4) is 0 Å². The molecule has 2 rings (SSSR count). The first-order valence-corrected chi connectivity index (χ1v) is 5.89. The van der Waals surface area contributed by atoms with Crippen molar-refractivity contribution in [1.29, 1.82) is 0 Å². The summed E-state index contributed by atoms with van der Waals surface area (Å²) in [5.74, 6) is 0. The average molecular weight is 221 g/mol. The molecule has 0 fully saturated rings. The Morgan fingerprint density at radius 2 is 2.27 bits per heavy atom. The van der Waals surface area contributed by atoms with Crippen molar-refractivity contribution >= 4 is 21.6 Å². The van der Waals surface area contributed by atoms with E-state index < -0.39 is 0 Å². The minimum absolute atomic E-state index is 0.448. The maximum absolute atomic E-state index is 4.36.